The van der Waals surface area contributed by atoms with Gasteiger partial charge in [0.25, 0.3) is 0 Å². The third-order valence-electron chi connectivity index (χ3n) is 4.70. The Morgan fingerprint density at radius 1 is 0.893 bits per heavy atom. The summed E-state index contributed by atoms with van der Waals surface area (Å²) >= 11 is -0.826. The summed E-state index contributed by atoms with van der Waals surface area (Å²) in [6.45, 7) is 6.25. The van der Waals surface area contributed by atoms with Crippen molar-refractivity contribution in [2.45, 2.75) is 26.2 Å². The Balaban J connectivity index is 0.000000878. The van der Waals surface area contributed by atoms with E-state index in [1.54, 1.807) is 6.21 Å². The van der Waals surface area contributed by atoms with Crippen LogP contribution in [0.3, 0.4) is 0 Å². The average Bonchev–Trinajstić information content (AvgIpc) is 2.70. The summed E-state index contributed by atoms with van der Waals surface area (Å²) in [5.74, 6) is 0.300. The normalized spacial score (nSPS) is 11.0. The van der Waals surface area contributed by atoms with Gasteiger partial charge in [0.1, 0.15) is 5.75 Å². The summed E-state index contributed by atoms with van der Waals surface area (Å²) in [5, 5.41) is 11.0. The molecule has 0 aliphatic heterocycles. The Bertz CT molecular complexity index is 913. The van der Waals surface area contributed by atoms with Crippen LogP contribution in [0.25, 0.3) is 0 Å². The van der Waals surface area contributed by atoms with Gasteiger partial charge in [0, 0.05) is 22.8 Å². The summed E-state index contributed by atoms with van der Waals surface area (Å²) < 4.78 is 0. The van der Waals surface area contributed by atoms with Crippen molar-refractivity contribution in [3.63, 3.8) is 0 Å². The van der Waals surface area contributed by atoms with Gasteiger partial charge in [0.2, 0.25) is 0 Å². The molecule has 0 saturated carbocycles. The van der Waals surface area contributed by atoms with Crippen LogP contribution in [0, 0.1) is 6.92 Å². The molecule has 0 radical (unpaired) electrons. The van der Waals surface area contributed by atoms with Crippen LogP contribution in [0.2, 0.25) is 0 Å². The van der Waals surface area contributed by atoms with E-state index >= 15 is 0 Å². The van der Waals surface area contributed by atoms with Gasteiger partial charge < -0.3 is 5.11 Å². The van der Waals surface area contributed by atoms with Crippen molar-refractivity contribution in [1.82, 2.24) is 0 Å². The molecule has 0 amide bonds. The zero-order valence-electron chi connectivity index (χ0n) is 16.2. The van der Waals surface area contributed by atoms with Gasteiger partial charge in [0.05, 0.1) is 5.69 Å². The first-order valence-corrected chi connectivity index (χ1v) is 15.2. The van der Waals surface area contributed by atoms with Gasteiger partial charge in [-0.3, -0.25) is 4.99 Å². The number of aromatic hydroxyl groups is 1. The topological polar surface area (TPSA) is 32.6 Å². The Morgan fingerprint density at radius 2 is 1.43 bits per heavy atom. The van der Waals surface area contributed by atoms with Crippen LogP contribution < -0.4 is 0 Å². The molecule has 0 heterocycles. The van der Waals surface area contributed by atoms with Crippen LogP contribution in [0.1, 0.15) is 36.1 Å². The molecule has 3 aromatic rings. The monoisotopic (exact) mass is 489 g/mol. The number of aliphatic imine (C=N–C) groups is 1. The van der Waals surface area contributed by atoms with Crippen LogP contribution in [0.4, 0.5) is 5.69 Å². The zero-order chi connectivity index (χ0) is 20.6. The molecule has 0 aliphatic rings. The molecule has 0 aliphatic carbocycles. The van der Waals surface area contributed by atoms with E-state index in [1.807, 2.05) is 67.6 Å². The van der Waals surface area contributed by atoms with Crippen molar-refractivity contribution in [3.05, 3.63) is 95.1 Å². The van der Waals surface area contributed by atoms with Gasteiger partial charge in [-0.15, -0.1) is 0 Å². The molecule has 28 heavy (non-hydrogen) atoms. The van der Waals surface area contributed by atoms with Gasteiger partial charge in [0.15, 0.2) is 0 Å². The molecule has 0 spiro atoms. The number of phenolic OH excluding ortho intramolecular Hbond substituents is 1. The molecular formula is C23H23Cl2NOZr. The predicted octanol–water partition coefficient (Wildman–Crippen LogP) is 7.15. The fourth-order valence-corrected chi connectivity index (χ4v) is 3.04. The van der Waals surface area contributed by atoms with Crippen LogP contribution in [-0.4, -0.2) is 11.3 Å². The van der Waals surface area contributed by atoms with E-state index in [-0.39, 0.29) is 5.41 Å². The predicted molar refractivity (Wildman–Crippen MR) is 117 cm³/mol. The summed E-state index contributed by atoms with van der Waals surface area (Å²) in [7, 11) is 9.87. The van der Waals surface area contributed by atoms with Crippen LogP contribution in [-0.2, 0) is 26.3 Å². The van der Waals surface area contributed by atoms with E-state index in [9.17, 15) is 5.11 Å². The Labute approximate surface area is 185 Å². The molecule has 0 saturated heterocycles. The Kier molecular flexibility index (Phi) is 8.95. The van der Waals surface area contributed by atoms with Gasteiger partial charge in [-0.2, -0.15) is 0 Å². The zero-order valence-corrected chi connectivity index (χ0v) is 20.1. The molecule has 0 bridgehead atoms. The van der Waals surface area contributed by atoms with Crippen molar-refractivity contribution in [1.29, 1.82) is 0 Å². The first kappa shape index (κ1) is 22.9. The van der Waals surface area contributed by atoms with E-state index < -0.39 is 20.8 Å². The third-order valence-corrected chi connectivity index (χ3v) is 4.70. The van der Waals surface area contributed by atoms with Crippen LogP contribution >= 0.6 is 17.0 Å². The minimum atomic E-state index is -0.826. The molecule has 5 heteroatoms. The second-order valence-corrected chi connectivity index (χ2v) is 10.6. The fraction of sp³-hybridized carbons (Fsp3) is 0.174. The van der Waals surface area contributed by atoms with Gasteiger partial charge >= 0.3 is 37.9 Å². The molecule has 144 valence electrons. The van der Waals surface area contributed by atoms with Gasteiger partial charge in [-0.05, 0) is 30.2 Å². The summed E-state index contributed by atoms with van der Waals surface area (Å²) in [4.78, 5) is 4.51. The van der Waals surface area contributed by atoms with Crippen molar-refractivity contribution in [2.24, 2.45) is 4.99 Å². The molecule has 1 N–H and O–H groups in total. The van der Waals surface area contributed by atoms with Gasteiger partial charge in [-0.1, -0.05) is 74.5 Å². The number of hydrogen-bond donors (Lipinski definition) is 1. The molecule has 0 fully saturated rings. The molecule has 0 atom stereocenters. The second-order valence-electron chi connectivity index (χ2n) is 6.85. The van der Waals surface area contributed by atoms with Crippen molar-refractivity contribution in [3.8, 4) is 5.75 Å². The molecule has 0 aromatic heterocycles. The van der Waals surface area contributed by atoms with Gasteiger partial charge in [-0.25, -0.2) is 0 Å². The van der Waals surface area contributed by atoms with E-state index in [0.29, 0.717) is 5.75 Å². The third kappa shape index (κ3) is 5.80. The molecule has 0 unspecified atom stereocenters. The Hall–Kier alpha value is -1.41. The number of hydrogen-bond acceptors (Lipinski definition) is 2. The minimum absolute atomic E-state index is 0.297. The Morgan fingerprint density at radius 3 is 2.00 bits per heavy atom. The molecule has 3 rings (SSSR count). The SMILES string of the molecule is Cc1ccc(C(C)(C)c2ccccc2)c(O)c1C=Nc1ccccc1.[Cl][Zr][Cl]. The second kappa shape index (κ2) is 11.0. The van der Waals surface area contributed by atoms with Crippen LogP contribution in [0.15, 0.2) is 77.8 Å². The van der Waals surface area contributed by atoms with Crippen molar-refractivity contribution in [2.75, 3.05) is 0 Å². The molecular weight excluding hydrogens is 468 g/mol. The van der Waals surface area contributed by atoms with E-state index in [1.165, 1.54) is 5.56 Å². The quantitative estimate of drug-likeness (QED) is 0.386. The number of aryl methyl sites for hydroxylation is 1. The number of rotatable bonds is 4. The number of nitrogens with zero attached hydrogens (tertiary/aromatic N) is 1. The molecule has 3 aromatic carbocycles. The number of halogens is 2. The first-order chi connectivity index (χ1) is 13.4. The fourth-order valence-electron chi connectivity index (χ4n) is 3.04. The van der Waals surface area contributed by atoms with E-state index in [2.05, 4.69) is 31.0 Å². The average molecular weight is 492 g/mol. The van der Waals surface area contributed by atoms with Crippen LogP contribution in [0.5, 0.6) is 5.75 Å². The molecule has 2 nitrogen and oxygen atoms in total. The van der Waals surface area contributed by atoms with E-state index in [4.69, 9.17) is 17.0 Å². The first-order valence-electron chi connectivity index (χ1n) is 8.85. The van der Waals surface area contributed by atoms with Crippen molar-refractivity contribution >= 4 is 28.9 Å². The number of benzene rings is 3. The maximum absolute atomic E-state index is 11.0. The summed E-state index contributed by atoms with van der Waals surface area (Å²) in [5.41, 5.74) is 4.41. The number of phenols is 1. The summed E-state index contributed by atoms with van der Waals surface area (Å²) in [6, 6.07) is 24.1. The van der Waals surface area contributed by atoms with Crippen molar-refractivity contribution < 1.29 is 26.0 Å². The van der Waals surface area contributed by atoms with E-state index in [0.717, 1.165) is 22.4 Å². The standard InChI is InChI=1S/C23H23NO.2ClH.Zr/c1-17-14-15-21(23(2,3)18-10-6-4-7-11-18)22(25)20(17)16-24-19-12-8-5-9-13-19;;;/h4-16,25H,1-3H3;2*1H;/q;;;+2/p-2. The summed E-state index contributed by atoms with van der Waals surface area (Å²) in [6.07, 6.45) is 1.75. The number of para-hydroxylation sites is 1. The maximum atomic E-state index is 11.0.